The van der Waals surface area contributed by atoms with Crippen LogP contribution in [0.3, 0.4) is 0 Å². The molecule has 0 aromatic carbocycles. The second-order valence-electron chi connectivity index (χ2n) is 3.73. The molecule has 90 valence electrons. The highest BCUT2D eigenvalue weighted by atomic mass is 15.3. The molecule has 0 spiro atoms. The van der Waals surface area contributed by atoms with Gasteiger partial charge < -0.3 is 10.6 Å². The van der Waals surface area contributed by atoms with E-state index in [0.29, 0.717) is 5.95 Å². The van der Waals surface area contributed by atoms with Crippen molar-refractivity contribution in [3.05, 3.63) is 6.20 Å². The van der Waals surface area contributed by atoms with Crippen molar-refractivity contribution in [2.75, 3.05) is 23.7 Å². The van der Waals surface area contributed by atoms with E-state index in [4.69, 9.17) is 0 Å². The standard InChI is InChI=1S/C11H21N5/c1-3-5-7-12-10-9-14-16-11(15-10)13-8-6-4-2/h9H,3-8H2,1-2H3,(H2,12,13,15,16). The van der Waals surface area contributed by atoms with Crippen molar-refractivity contribution in [1.29, 1.82) is 0 Å². The number of anilines is 2. The zero-order valence-corrected chi connectivity index (χ0v) is 10.2. The Morgan fingerprint density at radius 2 is 1.75 bits per heavy atom. The first kappa shape index (κ1) is 12.7. The van der Waals surface area contributed by atoms with Crippen LogP contribution in [0.4, 0.5) is 11.8 Å². The Labute approximate surface area is 97.1 Å². The molecule has 0 radical (unpaired) electrons. The van der Waals surface area contributed by atoms with Crippen LogP contribution < -0.4 is 10.6 Å². The third-order valence-electron chi connectivity index (χ3n) is 2.21. The maximum Gasteiger partial charge on any atom is 0.244 e. The quantitative estimate of drug-likeness (QED) is 0.662. The van der Waals surface area contributed by atoms with Crippen molar-refractivity contribution in [1.82, 2.24) is 15.2 Å². The van der Waals surface area contributed by atoms with Gasteiger partial charge in [0.2, 0.25) is 5.95 Å². The molecule has 1 aromatic rings. The minimum absolute atomic E-state index is 0.606. The molecule has 0 aliphatic carbocycles. The number of unbranched alkanes of at least 4 members (excludes halogenated alkanes) is 2. The zero-order valence-electron chi connectivity index (χ0n) is 10.2. The zero-order chi connectivity index (χ0) is 11.6. The predicted molar refractivity (Wildman–Crippen MR) is 66.6 cm³/mol. The van der Waals surface area contributed by atoms with Crippen molar-refractivity contribution in [2.45, 2.75) is 39.5 Å². The summed E-state index contributed by atoms with van der Waals surface area (Å²) in [4.78, 5) is 4.32. The minimum atomic E-state index is 0.606. The van der Waals surface area contributed by atoms with Gasteiger partial charge in [0.25, 0.3) is 0 Å². The van der Waals surface area contributed by atoms with Crippen molar-refractivity contribution < 1.29 is 0 Å². The highest BCUT2D eigenvalue weighted by Gasteiger charge is 1.98. The number of hydrogen-bond acceptors (Lipinski definition) is 5. The highest BCUT2D eigenvalue weighted by molar-refractivity contribution is 5.36. The van der Waals surface area contributed by atoms with E-state index in [1.54, 1.807) is 6.20 Å². The minimum Gasteiger partial charge on any atom is -0.369 e. The van der Waals surface area contributed by atoms with Crippen LogP contribution in [0.2, 0.25) is 0 Å². The van der Waals surface area contributed by atoms with Crippen LogP contribution in [0.5, 0.6) is 0 Å². The van der Waals surface area contributed by atoms with Crippen molar-refractivity contribution in [2.24, 2.45) is 0 Å². The summed E-state index contributed by atoms with van der Waals surface area (Å²) in [7, 11) is 0. The molecule has 0 aliphatic rings. The van der Waals surface area contributed by atoms with Crippen LogP contribution in [0.25, 0.3) is 0 Å². The van der Waals surface area contributed by atoms with Gasteiger partial charge >= 0.3 is 0 Å². The third kappa shape index (κ3) is 4.91. The van der Waals surface area contributed by atoms with Crippen LogP contribution in [-0.2, 0) is 0 Å². The van der Waals surface area contributed by atoms with Crippen molar-refractivity contribution >= 4 is 11.8 Å². The molecule has 0 saturated carbocycles. The first-order valence-corrected chi connectivity index (χ1v) is 6.04. The molecule has 1 rings (SSSR count). The fourth-order valence-corrected chi connectivity index (χ4v) is 1.23. The van der Waals surface area contributed by atoms with Gasteiger partial charge in [-0.3, -0.25) is 0 Å². The average Bonchev–Trinajstić information content (AvgIpc) is 2.30. The summed E-state index contributed by atoms with van der Waals surface area (Å²) >= 11 is 0. The number of nitrogens with one attached hydrogen (secondary N) is 2. The SMILES string of the molecule is CCCCNc1cnnc(NCCCC)n1. The lowest BCUT2D eigenvalue weighted by Gasteiger charge is -2.06. The largest absolute Gasteiger partial charge is 0.369 e. The van der Waals surface area contributed by atoms with Crippen LogP contribution >= 0.6 is 0 Å². The van der Waals surface area contributed by atoms with Crippen LogP contribution in [0, 0.1) is 0 Å². The van der Waals surface area contributed by atoms with E-state index in [-0.39, 0.29) is 0 Å². The van der Waals surface area contributed by atoms with E-state index >= 15 is 0 Å². The maximum atomic E-state index is 4.32. The molecule has 0 bridgehead atoms. The molecular weight excluding hydrogens is 202 g/mol. The van der Waals surface area contributed by atoms with E-state index < -0.39 is 0 Å². The molecule has 0 unspecified atom stereocenters. The van der Waals surface area contributed by atoms with Gasteiger partial charge in [-0.05, 0) is 12.8 Å². The molecule has 0 saturated heterocycles. The average molecular weight is 223 g/mol. The van der Waals surface area contributed by atoms with Crippen molar-refractivity contribution in [3.63, 3.8) is 0 Å². The van der Waals surface area contributed by atoms with E-state index in [9.17, 15) is 0 Å². The van der Waals surface area contributed by atoms with Gasteiger partial charge in [0.1, 0.15) is 5.82 Å². The Morgan fingerprint density at radius 1 is 1.06 bits per heavy atom. The van der Waals surface area contributed by atoms with Gasteiger partial charge in [-0.2, -0.15) is 10.1 Å². The monoisotopic (exact) mass is 223 g/mol. The van der Waals surface area contributed by atoms with Gasteiger partial charge in [-0.1, -0.05) is 26.7 Å². The molecule has 5 heteroatoms. The maximum absolute atomic E-state index is 4.32. The van der Waals surface area contributed by atoms with Gasteiger partial charge in [0, 0.05) is 13.1 Å². The summed E-state index contributed by atoms with van der Waals surface area (Å²) in [5.74, 6) is 1.40. The molecule has 1 aromatic heterocycles. The Kier molecular flexibility index (Phi) is 6.22. The van der Waals surface area contributed by atoms with Crippen LogP contribution in [0.1, 0.15) is 39.5 Å². The molecule has 16 heavy (non-hydrogen) atoms. The number of rotatable bonds is 8. The fraction of sp³-hybridized carbons (Fsp3) is 0.727. The summed E-state index contributed by atoms with van der Waals surface area (Å²) in [6, 6.07) is 0. The molecule has 2 N–H and O–H groups in total. The highest BCUT2D eigenvalue weighted by Crippen LogP contribution is 2.04. The number of nitrogens with zero attached hydrogens (tertiary/aromatic N) is 3. The van der Waals surface area contributed by atoms with Crippen LogP contribution in [0.15, 0.2) is 6.20 Å². The van der Waals surface area contributed by atoms with Gasteiger partial charge in [0.05, 0.1) is 6.20 Å². The molecule has 0 fully saturated rings. The summed E-state index contributed by atoms with van der Waals surface area (Å²) in [6.07, 6.45) is 6.25. The Morgan fingerprint density at radius 3 is 2.44 bits per heavy atom. The summed E-state index contributed by atoms with van der Waals surface area (Å²) < 4.78 is 0. The fourth-order valence-electron chi connectivity index (χ4n) is 1.23. The number of aromatic nitrogens is 3. The van der Waals surface area contributed by atoms with Gasteiger partial charge in [-0.15, -0.1) is 5.10 Å². The van der Waals surface area contributed by atoms with E-state index in [0.717, 1.165) is 38.2 Å². The van der Waals surface area contributed by atoms with Crippen LogP contribution in [-0.4, -0.2) is 28.3 Å². The number of hydrogen-bond donors (Lipinski definition) is 2. The Hall–Kier alpha value is -1.39. The van der Waals surface area contributed by atoms with E-state index in [1.807, 2.05) is 0 Å². The second kappa shape index (κ2) is 7.84. The normalized spacial score (nSPS) is 10.1. The first-order chi connectivity index (χ1) is 7.86. The molecule has 5 nitrogen and oxygen atoms in total. The molecule has 0 amide bonds. The first-order valence-electron chi connectivity index (χ1n) is 6.04. The summed E-state index contributed by atoms with van der Waals surface area (Å²) in [5, 5.41) is 14.2. The third-order valence-corrected chi connectivity index (χ3v) is 2.21. The lowest BCUT2D eigenvalue weighted by Crippen LogP contribution is -2.09. The van der Waals surface area contributed by atoms with Gasteiger partial charge in [-0.25, -0.2) is 0 Å². The predicted octanol–water partition coefficient (Wildman–Crippen LogP) is 2.30. The van der Waals surface area contributed by atoms with E-state index in [2.05, 4.69) is 39.7 Å². The Balaban J connectivity index is 2.37. The molecule has 1 heterocycles. The molecular formula is C11H21N5. The second-order valence-corrected chi connectivity index (χ2v) is 3.73. The molecule has 0 aliphatic heterocycles. The molecule has 0 atom stereocenters. The summed E-state index contributed by atoms with van der Waals surface area (Å²) in [6.45, 7) is 6.15. The van der Waals surface area contributed by atoms with Crippen molar-refractivity contribution in [3.8, 4) is 0 Å². The lowest BCUT2D eigenvalue weighted by atomic mass is 10.3. The summed E-state index contributed by atoms with van der Waals surface area (Å²) in [5.41, 5.74) is 0. The van der Waals surface area contributed by atoms with Gasteiger partial charge in [0.15, 0.2) is 0 Å². The lowest BCUT2D eigenvalue weighted by molar-refractivity contribution is 0.812. The Bertz CT molecular complexity index is 264. The topological polar surface area (TPSA) is 62.7 Å². The van der Waals surface area contributed by atoms with E-state index in [1.165, 1.54) is 6.42 Å². The smallest absolute Gasteiger partial charge is 0.244 e.